The number of nitrogens with zero attached hydrogens (tertiary/aromatic N) is 2. The van der Waals surface area contributed by atoms with Crippen molar-refractivity contribution in [1.82, 2.24) is 10.3 Å². The molecule has 0 spiro atoms. The smallest absolute Gasteiger partial charge is 0.151 e. The largest absolute Gasteiger partial charge is 0.325 e. The zero-order chi connectivity index (χ0) is 14.8. The highest BCUT2D eigenvalue weighted by Gasteiger charge is 2.21. The first kappa shape index (κ1) is 14.4. The molecule has 0 atom stereocenters. The van der Waals surface area contributed by atoms with Gasteiger partial charge in [-0.2, -0.15) is 0 Å². The molecule has 0 aliphatic carbocycles. The van der Waals surface area contributed by atoms with Gasteiger partial charge in [-0.05, 0) is 50.1 Å². The predicted octanol–water partition coefficient (Wildman–Crippen LogP) is 3.85. The third-order valence-corrected chi connectivity index (χ3v) is 4.15. The highest BCUT2D eigenvalue weighted by molar-refractivity contribution is 6.33. The van der Waals surface area contributed by atoms with E-state index in [9.17, 15) is 0 Å². The highest BCUT2D eigenvalue weighted by atomic mass is 35.5. The lowest BCUT2D eigenvalue weighted by Gasteiger charge is -2.31. The Morgan fingerprint density at radius 1 is 1.33 bits per heavy atom. The normalized spacial score (nSPS) is 14.1. The van der Waals surface area contributed by atoms with Crippen LogP contribution in [0.4, 0.5) is 11.5 Å². The molecule has 0 saturated carbocycles. The Morgan fingerprint density at radius 3 is 2.95 bits per heavy atom. The Kier molecular flexibility index (Phi) is 4.13. The number of pyridine rings is 1. The minimum Gasteiger partial charge on any atom is -0.325 e. The second-order valence-electron chi connectivity index (χ2n) is 5.57. The molecule has 1 aliphatic heterocycles. The minimum atomic E-state index is 0.719. The van der Waals surface area contributed by atoms with Crippen LogP contribution in [0, 0.1) is 6.92 Å². The zero-order valence-electron chi connectivity index (χ0n) is 12.5. The number of benzene rings is 1. The van der Waals surface area contributed by atoms with Crippen molar-refractivity contribution in [3.63, 3.8) is 0 Å². The van der Waals surface area contributed by atoms with Gasteiger partial charge in [0.2, 0.25) is 0 Å². The Balaban J connectivity index is 1.99. The van der Waals surface area contributed by atoms with Crippen LogP contribution in [0.1, 0.15) is 23.1 Å². The topological polar surface area (TPSA) is 28.2 Å². The van der Waals surface area contributed by atoms with Gasteiger partial charge in [0, 0.05) is 25.0 Å². The molecule has 21 heavy (non-hydrogen) atoms. The van der Waals surface area contributed by atoms with Crippen molar-refractivity contribution in [2.24, 2.45) is 0 Å². The average molecular weight is 302 g/mol. The molecule has 1 aromatic heterocycles. The third-order valence-electron chi connectivity index (χ3n) is 3.87. The Morgan fingerprint density at radius 2 is 2.19 bits per heavy atom. The molecule has 0 fully saturated rings. The van der Waals surface area contributed by atoms with Crippen LogP contribution in [0.2, 0.25) is 5.02 Å². The molecule has 0 saturated heterocycles. The summed E-state index contributed by atoms with van der Waals surface area (Å²) in [4.78, 5) is 6.84. The summed E-state index contributed by atoms with van der Waals surface area (Å²) in [5.74, 6) is 0.862. The van der Waals surface area contributed by atoms with E-state index in [4.69, 9.17) is 11.6 Å². The maximum Gasteiger partial charge on any atom is 0.151 e. The first-order valence-electron chi connectivity index (χ1n) is 7.35. The van der Waals surface area contributed by atoms with Gasteiger partial charge < -0.3 is 10.2 Å². The van der Waals surface area contributed by atoms with E-state index in [1.54, 1.807) is 0 Å². The maximum atomic E-state index is 6.46. The number of nitrogens with one attached hydrogen (secondary N) is 1. The second-order valence-corrected chi connectivity index (χ2v) is 5.97. The molecule has 3 rings (SSSR count). The fourth-order valence-corrected chi connectivity index (χ4v) is 3.21. The molecular formula is C17H20ClN3. The molecule has 0 amide bonds. The van der Waals surface area contributed by atoms with Gasteiger partial charge in [-0.15, -0.1) is 0 Å². The van der Waals surface area contributed by atoms with E-state index >= 15 is 0 Å². The lowest BCUT2D eigenvalue weighted by atomic mass is 9.99. The van der Waals surface area contributed by atoms with E-state index in [2.05, 4.69) is 40.3 Å². The summed E-state index contributed by atoms with van der Waals surface area (Å²) >= 11 is 6.46. The van der Waals surface area contributed by atoms with Crippen LogP contribution < -0.4 is 10.2 Å². The monoisotopic (exact) mass is 301 g/mol. The van der Waals surface area contributed by atoms with Gasteiger partial charge in [0.25, 0.3) is 0 Å². The van der Waals surface area contributed by atoms with Crippen LogP contribution >= 0.6 is 11.6 Å². The fourth-order valence-electron chi connectivity index (χ4n) is 2.92. The van der Waals surface area contributed by atoms with E-state index in [1.807, 2.05) is 19.3 Å². The summed E-state index contributed by atoms with van der Waals surface area (Å²) in [6.45, 7) is 3.88. The number of aromatic nitrogens is 1. The molecule has 0 bridgehead atoms. The number of hydrogen-bond acceptors (Lipinski definition) is 3. The number of fused-ring (bicyclic) bond motifs is 1. The molecule has 3 nitrogen and oxygen atoms in total. The highest BCUT2D eigenvalue weighted by Crippen LogP contribution is 2.36. The van der Waals surface area contributed by atoms with E-state index in [1.165, 1.54) is 16.8 Å². The van der Waals surface area contributed by atoms with Gasteiger partial charge in [0.05, 0.1) is 5.02 Å². The van der Waals surface area contributed by atoms with Gasteiger partial charge in [-0.1, -0.05) is 29.3 Å². The van der Waals surface area contributed by atoms with Crippen molar-refractivity contribution in [2.75, 3.05) is 18.5 Å². The number of anilines is 2. The minimum absolute atomic E-state index is 0.719. The Labute approximate surface area is 131 Å². The van der Waals surface area contributed by atoms with E-state index < -0.39 is 0 Å². The third kappa shape index (κ3) is 2.89. The molecule has 110 valence electrons. The summed E-state index contributed by atoms with van der Waals surface area (Å²) in [7, 11) is 1.92. The van der Waals surface area contributed by atoms with Gasteiger partial charge >= 0.3 is 0 Å². The van der Waals surface area contributed by atoms with Crippen molar-refractivity contribution in [2.45, 2.75) is 26.3 Å². The molecular weight excluding hydrogens is 282 g/mol. The van der Waals surface area contributed by atoms with Crippen molar-refractivity contribution < 1.29 is 0 Å². The van der Waals surface area contributed by atoms with Gasteiger partial charge in [-0.3, -0.25) is 0 Å². The SMILES string of the molecule is CNCc1cnc(N2CCCc3cc(C)ccc32)c(Cl)c1. The van der Waals surface area contributed by atoms with Crippen LogP contribution in [-0.2, 0) is 13.0 Å². The van der Waals surface area contributed by atoms with E-state index in [0.29, 0.717) is 0 Å². The average Bonchev–Trinajstić information content (AvgIpc) is 2.47. The summed E-state index contributed by atoms with van der Waals surface area (Å²) in [5.41, 5.74) is 5.03. The number of hydrogen-bond donors (Lipinski definition) is 1. The lowest BCUT2D eigenvalue weighted by molar-refractivity contribution is 0.756. The zero-order valence-corrected chi connectivity index (χ0v) is 13.2. The van der Waals surface area contributed by atoms with Crippen LogP contribution in [0.15, 0.2) is 30.5 Å². The van der Waals surface area contributed by atoms with Crippen molar-refractivity contribution in [3.05, 3.63) is 52.2 Å². The molecule has 1 aromatic carbocycles. The molecule has 2 aromatic rings. The number of rotatable bonds is 3. The quantitative estimate of drug-likeness (QED) is 0.933. The van der Waals surface area contributed by atoms with Crippen LogP contribution in [0.5, 0.6) is 0 Å². The van der Waals surface area contributed by atoms with Crippen LogP contribution in [-0.4, -0.2) is 18.6 Å². The number of aryl methyl sites for hydroxylation is 2. The first-order valence-corrected chi connectivity index (χ1v) is 7.73. The molecule has 2 heterocycles. The molecule has 0 radical (unpaired) electrons. The molecule has 1 aliphatic rings. The van der Waals surface area contributed by atoms with Gasteiger partial charge in [0.1, 0.15) is 0 Å². The van der Waals surface area contributed by atoms with Crippen LogP contribution in [0.3, 0.4) is 0 Å². The first-order chi connectivity index (χ1) is 10.2. The predicted molar refractivity (Wildman–Crippen MR) is 88.5 cm³/mol. The summed E-state index contributed by atoms with van der Waals surface area (Å²) < 4.78 is 0. The van der Waals surface area contributed by atoms with Gasteiger partial charge in [-0.25, -0.2) is 4.98 Å². The maximum absolute atomic E-state index is 6.46. The number of halogens is 1. The summed E-state index contributed by atoms with van der Waals surface area (Å²) in [6.07, 6.45) is 4.16. The van der Waals surface area contributed by atoms with E-state index in [0.717, 1.165) is 42.3 Å². The van der Waals surface area contributed by atoms with Crippen LogP contribution in [0.25, 0.3) is 0 Å². The molecule has 1 N–H and O–H groups in total. The Hall–Kier alpha value is -1.58. The van der Waals surface area contributed by atoms with Crippen molar-refractivity contribution in [3.8, 4) is 0 Å². The standard InChI is InChI=1S/C17H20ClN3/c1-12-5-6-16-14(8-12)4-3-7-21(16)17-15(18)9-13(10-19-2)11-20-17/h5-6,8-9,11,19H,3-4,7,10H2,1-2H3. The lowest BCUT2D eigenvalue weighted by Crippen LogP contribution is -2.25. The van der Waals surface area contributed by atoms with E-state index in [-0.39, 0.29) is 0 Å². The fraction of sp³-hybridized carbons (Fsp3) is 0.353. The molecule has 4 heteroatoms. The molecule has 0 unspecified atom stereocenters. The summed E-state index contributed by atoms with van der Waals surface area (Å²) in [6, 6.07) is 8.61. The Bertz CT molecular complexity index is 654. The van der Waals surface area contributed by atoms with Crippen molar-refractivity contribution >= 4 is 23.1 Å². The summed E-state index contributed by atoms with van der Waals surface area (Å²) in [5, 5.41) is 3.84. The van der Waals surface area contributed by atoms with Crippen molar-refractivity contribution in [1.29, 1.82) is 0 Å². The second kappa shape index (κ2) is 6.04. The van der Waals surface area contributed by atoms with Gasteiger partial charge in [0.15, 0.2) is 5.82 Å².